The number of hydrogen-bond donors (Lipinski definition) is 0. The molecular weight excluding hydrogens is 711 g/mol. The van der Waals surface area contributed by atoms with Gasteiger partial charge in [-0.05, 0) is 116 Å². The number of unbranched alkanes of at least 4 members (excludes halogenated alkanes) is 15. The summed E-state index contributed by atoms with van der Waals surface area (Å²) in [6.07, 6.45) is 68.4. The molecule has 0 aliphatic carbocycles. The van der Waals surface area contributed by atoms with Crippen LogP contribution in [0.15, 0.2) is 109 Å². The van der Waals surface area contributed by atoms with E-state index >= 15 is 0 Å². The molecule has 326 valence electrons. The third-order valence-corrected chi connectivity index (χ3v) is 9.87. The van der Waals surface area contributed by atoms with E-state index in [1.54, 1.807) is 0 Å². The SMILES string of the molecule is CC/C=C\C/C=C\C/C=C\CCCCCCCC(=O)N(C(=O)CCCCCCC/C=C\C/C=C\C/C=C\CC)C(=O)CCCCCCC/C=C\C/C=C\C/C=C\CC. The van der Waals surface area contributed by atoms with Crippen molar-refractivity contribution in [2.75, 3.05) is 0 Å². The molecule has 0 aromatic heterocycles. The van der Waals surface area contributed by atoms with Gasteiger partial charge in [0.15, 0.2) is 0 Å². The topological polar surface area (TPSA) is 54.5 Å². The number of amides is 3. The number of rotatable bonds is 39. The van der Waals surface area contributed by atoms with Gasteiger partial charge in [-0.2, -0.15) is 0 Å². The zero-order valence-corrected chi connectivity index (χ0v) is 37.8. The van der Waals surface area contributed by atoms with Crippen molar-refractivity contribution in [1.82, 2.24) is 4.90 Å². The summed E-state index contributed by atoms with van der Waals surface area (Å²) in [5.74, 6) is -0.891. The minimum absolute atomic E-state index is 0.273. The number of carbonyl (C=O) groups excluding carboxylic acids is 3. The maximum absolute atomic E-state index is 13.3. The number of hydrogen-bond acceptors (Lipinski definition) is 3. The van der Waals surface area contributed by atoms with Crippen LogP contribution in [-0.4, -0.2) is 22.6 Å². The van der Waals surface area contributed by atoms with Crippen molar-refractivity contribution < 1.29 is 14.4 Å². The number of imide groups is 3. The summed E-state index contributed by atoms with van der Waals surface area (Å²) in [7, 11) is 0. The zero-order valence-electron chi connectivity index (χ0n) is 37.8. The van der Waals surface area contributed by atoms with Crippen molar-refractivity contribution in [3.05, 3.63) is 109 Å². The van der Waals surface area contributed by atoms with Gasteiger partial charge >= 0.3 is 0 Å². The first-order valence-electron chi connectivity index (χ1n) is 23.8. The first-order chi connectivity index (χ1) is 28.6. The Morgan fingerprint density at radius 2 is 0.483 bits per heavy atom. The second-order valence-corrected chi connectivity index (χ2v) is 15.3. The third kappa shape index (κ3) is 39.3. The minimum atomic E-state index is -0.297. The molecule has 0 aliphatic heterocycles. The summed E-state index contributed by atoms with van der Waals surface area (Å²) in [5, 5.41) is 0. The van der Waals surface area contributed by atoms with E-state index in [0.717, 1.165) is 178 Å². The molecule has 4 nitrogen and oxygen atoms in total. The molecule has 0 saturated heterocycles. The monoisotopic (exact) mass is 798 g/mol. The zero-order chi connectivity index (χ0) is 42.3. The third-order valence-electron chi connectivity index (χ3n) is 9.87. The Hall–Kier alpha value is -3.53. The van der Waals surface area contributed by atoms with E-state index < -0.39 is 0 Å². The van der Waals surface area contributed by atoms with Crippen molar-refractivity contribution in [3.63, 3.8) is 0 Å². The Kier molecular flexibility index (Phi) is 43.4. The fourth-order valence-corrected chi connectivity index (χ4v) is 6.44. The lowest BCUT2D eigenvalue weighted by molar-refractivity contribution is -0.154. The average Bonchev–Trinajstić information content (AvgIpc) is 3.22. The molecule has 0 aliphatic rings. The maximum atomic E-state index is 13.3. The van der Waals surface area contributed by atoms with E-state index in [-0.39, 0.29) is 37.0 Å². The van der Waals surface area contributed by atoms with Crippen molar-refractivity contribution in [2.24, 2.45) is 0 Å². The fourth-order valence-electron chi connectivity index (χ4n) is 6.44. The molecule has 0 heterocycles. The van der Waals surface area contributed by atoms with Crippen molar-refractivity contribution in [1.29, 1.82) is 0 Å². The van der Waals surface area contributed by atoms with Gasteiger partial charge < -0.3 is 0 Å². The molecule has 0 saturated carbocycles. The predicted molar refractivity (Wildman–Crippen MR) is 255 cm³/mol. The van der Waals surface area contributed by atoms with Crippen molar-refractivity contribution in [3.8, 4) is 0 Å². The van der Waals surface area contributed by atoms with Crippen LogP contribution in [0.25, 0.3) is 0 Å². The van der Waals surface area contributed by atoms with Gasteiger partial charge in [-0.15, -0.1) is 0 Å². The van der Waals surface area contributed by atoms with E-state index in [4.69, 9.17) is 0 Å². The van der Waals surface area contributed by atoms with Crippen LogP contribution in [0.5, 0.6) is 0 Å². The highest BCUT2D eigenvalue weighted by Gasteiger charge is 2.27. The van der Waals surface area contributed by atoms with Crippen LogP contribution in [0, 0.1) is 0 Å². The van der Waals surface area contributed by atoms with E-state index in [2.05, 4.69) is 130 Å². The van der Waals surface area contributed by atoms with Gasteiger partial charge in [0.1, 0.15) is 0 Å². The lowest BCUT2D eigenvalue weighted by Crippen LogP contribution is -2.41. The van der Waals surface area contributed by atoms with Crippen molar-refractivity contribution >= 4 is 17.7 Å². The Balaban J connectivity index is 4.58. The molecule has 0 spiro atoms. The highest BCUT2D eigenvalue weighted by Crippen LogP contribution is 2.16. The summed E-state index contributed by atoms with van der Waals surface area (Å²) in [5.41, 5.74) is 0. The number of carbonyl (C=O) groups is 3. The predicted octanol–water partition coefficient (Wildman–Crippen LogP) is 16.6. The van der Waals surface area contributed by atoms with Crippen LogP contribution in [0.1, 0.15) is 213 Å². The standard InChI is InChI=1S/C54H87NO3/c1-4-7-10-13-16-19-22-25-28-31-34-37-40-43-46-49-52(56)55(53(57)50-47-44-41-38-35-32-29-26-23-20-17-14-11-8-5-2)54(58)51-48-45-42-39-36-33-30-27-24-21-18-15-12-9-6-3/h7-12,16-21,25-30H,4-6,13-15,22-24,31-51H2,1-3H3/b10-7-,11-8-,12-9-,19-16-,20-17-,21-18-,28-25-,29-26-,30-27-. The van der Waals surface area contributed by atoms with Gasteiger partial charge in [0.05, 0.1) is 0 Å². The molecule has 0 rings (SSSR count). The number of allylic oxidation sites excluding steroid dienone is 18. The van der Waals surface area contributed by atoms with Gasteiger partial charge in [0, 0.05) is 19.3 Å². The Morgan fingerprint density at radius 3 is 0.741 bits per heavy atom. The van der Waals surface area contributed by atoms with Crippen LogP contribution in [-0.2, 0) is 14.4 Å². The largest absolute Gasteiger partial charge is 0.274 e. The van der Waals surface area contributed by atoms with Gasteiger partial charge in [0.25, 0.3) is 0 Å². The van der Waals surface area contributed by atoms with E-state index in [1.165, 1.54) is 0 Å². The second kappa shape index (κ2) is 46.2. The smallest absolute Gasteiger partial charge is 0.236 e. The summed E-state index contributed by atoms with van der Waals surface area (Å²) in [6.45, 7) is 6.46. The summed E-state index contributed by atoms with van der Waals surface area (Å²) >= 11 is 0. The lowest BCUT2D eigenvalue weighted by atomic mass is 10.1. The molecule has 3 amide bonds. The lowest BCUT2D eigenvalue weighted by Gasteiger charge is -2.19. The van der Waals surface area contributed by atoms with E-state index in [9.17, 15) is 14.4 Å². The van der Waals surface area contributed by atoms with Gasteiger partial charge in [-0.25, -0.2) is 4.90 Å². The molecule has 0 N–H and O–H groups in total. The highest BCUT2D eigenvalue weighted by molar-refractivity contribution is 6.10. The van der Waals surface area contributed by atoms with Gasteiger partial charge in [0.2, 0.25) is 17.7 Å². The molecule has 0 unspecified atom stereocenters. The van der Waals surface area contributed by atoms with Crippen LogP contribution >= 0.6 is 0 Å². The Bertz CT molecular complexity index is 1090. The second-order valence-electron chi connectivity index (χ2n) is 15.3. The maximum Gasteiger partial charge on any atom is 0.236 e. The Morgan fingerprint density at radius 1 is 0.276 bits per heavy atom. The normalized spacial score (nSPS) is 12.7. The summed E-state index contributed by atoms with van der Waals surface area (Å²) in [4.78, 5) is 41.0. The first kappa shape index (κ1) is 54.5. The molecule has 0 fully saturated rings. The molecule has 0 radical (unpaired) electrons. The average molecular weight is 798 g/mol. The first-order valence-corrected chi connectivity index (χ1v) is 23.8. The minimum Gasteiger partial charge on any atom is -0.274 e. The van der Waals surface area contributed by atoms with E-state index in [1.807, 2.05) is 0 Å². The molecule has 0 atom stereocenters. The number of nitrogens with zero attached hydrogens (tertiary/aromatic N) is 1. The summed E-state index contributed by atoms with van der Waals surface area (Å²) in [6, 6.07) is 0. The molecule has 0 aromatic carbocycles. The highest BCUT2D eigenvalue weighted by atomic mass is 16.2. The molecule has 58 heavy (non-hydrogen) atoms. The van der Waals surface area contributed by atoms with Crippen LogP contribution in [0.3, 0.4) is 0 Å². The molecular formula is C54H87NO3. The van der Waals surface area contributed by atoms with E-state index in [0.29, 0.717) is 0 Å². The van der Waals surface area contributed by atoms with Gasteiger partial charge in [-0.1, -0.05) is 188 Å². The Labute approximate surface area is 358 Å². The van der Waals surface area contributed by atoms with Crippen LogP contribution in [0.4, 0.5) is 0 Å². The summed E-state index contributed by atoms with van der Waals surface area (Å²) < 4.78 is 0. The molecule has 0 bridgehead atoms. The van der Waals surface area contributed by atoms with Crippen LogP contribution < -0.4 is 0 Å². The quantitative estimate of drug-likeness (QED) is 0.0460. The molecule has 0 aromatic rings. The fraction of sp³-hybridized carbons (Fsp3) is 0.611. The molecule has 4 heteroatoms. The van der Waals surface area contributed by atoms with Gasteiger partial charge in [-0.3, -0.25) is 14.4 Å². The van der Waals surface area contributed by atoms with Crippen molar-refractivity contribution in [2.45, 2.75) is 213 Å². The van der Waals surface area contributed by atoms with Crippen LogP contribution in [0.2, 0.25) is 0 Å².